The molecule has 3 aliphatic heterocycles. The Morgan fingerprint density at radius 1 is 0.569 bits per heavy atom. The van der Waals surface area contributed by atoms with E-state index in [9.17, 15) is 0 Å². The first-order valence-corrected chi connectivity index (χ1v) is 21.4. The van der Waals surface area contributed by atoms with E-state index in [-0.39, 0.29) is 52.0 Å². The molecule has 65 heavy (non-hydrogen) atoms. The average molecular weight is 1220 g/mol. The molecule has 0 spiro atoms. The van der Waals surface area contributed by atoms with Gasteiger partial charge in [0.2, 0.25) is 0 Å². The van der Waals surface area contributed by atoms with Crippen LogP contribution < -0.4 is 24.3 Å². The molecular formula is C54H54IrN8OPt-8. The molecule has 9 rings (SSSR count). The van der Waals surface area contributed by atoms with Gasteiger partial charge >= 0.3 is 0 Å². The predicted molar refractivity (Wildman–Crippen MR) is 254 cm³/mol. The molecule has 1 radical (unpaired) electrons. The number of hydrogen-bond acceptors (Lipinski definition) is 9. The van der Waals surface area contributed by atoms with Gasteiger partial charge in [-0.3, -0.25) is 0 Å². The predicted octanol–water partition coefficient (Wildman–Crippen LogP) is 11.8. The molecule has 11 heteroatoms. The number of pyridine rings is 2. The van der Waals surface area contributed by atoms with Crippen molar-refractivity contribution in [3.63, 3.8) is 0 Å². The van der Waals surface area contributed by atoms with E-state index in [1.54, 1.807) is 24.5 Å². The molecule has 2 aromatic heterocycles. The Hall–Kier alpha value is -5.40. The van der Waals surface area contributed by atoms with E-state index in [0.29, 0.717) is 22.9 Å². The summed E-state index contributed by atoms with van der Waals surface area (Å²) in [6, 6.07) is 48.8. The molecule has 0 bridgehead atoms. The van der Waals surface area contributed by atoms with Gasteiger partial charge in [0, 0.05) is 64.0 Å². The molecule has 9 nitrogen and oxygen atoms in total. The summed E-state index contributed by atoms with van der Waals surface area (Å²) in [5, 5.41) is 0. The van der Waals surface area contributed by atoms with Gasteiger partial charge in [-0.2, -0.15) is 85.7 Å². The van der Waals surface area contributed by atoms with Gasteiger partial charge in [0.1, 0.15) is 0 Å². The molecule has 0 atom stereocenters. The molecule has 0 fully saturated rings. The normalized spacial score (nSPS) is 14.2. The zero-order valence-corrected chi connectivity index (χ0v) is 42.6. The Labute approximate surface area is 415 Å². The third-order valence-corrected chi connectivity index (χ3v) is 10.9. The maximum absolute atomic E-state index is 6.01. The van der Waals surface area contributed by atoms with Gasteiger partial charge in [0.25, 0.3) is 0 Å². The molecule has 0 saturated carbocycles. The molecule has 0 amide bonds. The first kappa shape index (κ1) is 49.0. The molecule has 6 aromatic rings. The topological polar surface area (TPSA) is 54.5 Å². The van der Waals surface area contributed by atoms with Crippen LogP contribution in [0.1, 0.15) is 65.5 Å². The number of unbranched alkanes of at least 4 members (excludes halogenated alkanes) is 1. The summed E-state index contributed by atoms with van der Waals surface area (Å²) < 4.78 is 6.01. The van der Waals surface area contributed by atoms with Crippen LogP contribution >= 0.6 is 0 Å². The fourth-order valence-electron chi connectivity index (χ4n) is 7.23. The van der Waals surface area contributed by atoms with Crippen LogP contribution in [0.2, 0.25) is 0 Å². The number of fused-ring (bicyclic) bond motifs is 1. The van der Waals surface area contributed by atoms with E-state index in [1.807, 2.05) is 50.1 Å². The number of rotatable bonds is 11. The standard InChI is InChI=1S/C30H38N4.C24H16N4O.Ir.Pt/c1-29(2,3)25-9-13-27(14-10-25)33-21-19-31(23-33)17-7-8-18-32-20-22-34(24-32)28-15-11-26(12-16-28)30(4,5)6;1-27-17-28(24-11-3-2-10-23(24)27)18-7-6-8-19(15-18)29-20-12-14-26-22(16-20)21-9-4-5-13-25-21;;/h9-13,15,19-24H,7-8,17-18H2,1-6H3;2-8,10-14,17H,1H3;;/q2*-4;;. The van der Waals surface area contributed by atoms with E-state index in [2.05, 4.69) is 198 Å². The minimum Gasteiger partial charge on any atom is -0.510 e. The summed E-state index contributed by atoms with van der Waals surface area (Å²) in [6.45, 7) is 21.8. The van der Waals surface area contributed by atoms with Crippen LogP contribution in [0.25, 0.3) is 11.4 Å². The van der Waals surface area contributed by atoms with Crippen molar-refractivity contribution in [3.8, 4) is 22.9 Å². The third kappa shape index (κ3) is 12.5. The van der Waals surface area contributed by atoms with E-state index in [0.717, 1.165) is 54.4 Å². The second-order valence-electron chi connectivity index (χ2n) is 17.8. The Balaban J connectivity index is 0.000000211. The van der Waals surface area contributed by atoms with Crippen molar-refractivity contribution in [1.29, 1.82) is 0 Å². The molecule has 0 unspecified atom stereocenters. The van der Waals surface area contributed by atoms with Crippen molar-refractivity contribution in [1.82, 2.24) is 19.8 Å². The SMILES string of the molecule is CC(C)(C)c1c[c-]c(N2C=CN(CCCCN3C=CN(c4[c-]cc(C(C)(C)C)cc4)[CH-]3)[CH-]2)cc1.CN1[CH-]N(c2[c-]c(Oc3[c-]c(-c4[c-]cccn4)ncc3)ccc2)c2ccccc21.[Ir].[Pt]. The molecule has 0 aliphatic carbocycles. The fourth-order valence-corrected chi connectivity index (χ4v) is 7.23. The molecular weight excluding hydrogens is 1160 g/mol. The second kappa shape index (κ2) is 21.7. The zero-order chi connectivity index (χ0) is 44.0. The molecule has 5 heterocycles. The third-order valence-electron chi connectivity index (χ3n) is 10.9. The molecule has 0 saturated heterocycles. The first-order valence-electron chi connectivity index (χ1n) is 21.4. The van der Waals surface area contributed by atoms with Crippen molar-refractivity contribution in [2.24, 2.45) is 0 Å². The molecule has 343 valence electrons. The minimum atomic E-state index is 0. The maximum Gasteiger partial charge on any atom is 0.0326 e. The van der Waals surface area contributed by atoms with Gasteiger partial charge in [-0.05, 0) is 82.3 Å². The fraction of sp³-hybridized carbons (Fsp3) is 0.241. The summed E-state index contributed by atoms with van der Waals surface area (Å²) in [4.78, 5) is 21.5. The van der Waals surface area contributed by atoms with E-state index < -0.39 is 0 Å². The number of para-hydroxylation sites is 2. The number of nitrogens with zero attached hydrogens (tertiary/aromatic N) is 8. The van der Waals surface area contributed by atoms with Crippen molar-refractivity contribution in [3.05, 3.63) is 196 Å². The Bertz CT molecular complexity index is 2420. The summed E-state index contributed by atoms with van der Waals surface area (Å²) in [5.74, 6) is 1.15. The van der Waals surface area contributed by atoms with Crippen LogP contribution in [0.4, 0.5) is 28.4 Å². The monoisotopic (exact) mass is 1220 g/mol. The number of ether oxygens (including phenoxy) is 1. The van der Waals surface area contributed by atoms with E-state index >= 15 is 0 Å². The van der Waals surface area contributed by atoms with Crippen molar-refractivity contribution < 1.29 is 45.9 Å². The van der Waals surface area contributed by atoms with E-state index in [4.69, 9.17) is 4.74 Å². The van der Waals surface area contributed by atoms with Crippen LogP contribution in [0.5, 0.6) is 11.5 Å². The Kier molecular flexibility index (Phi) is 16.4. The smallest absolute Gasteiger partial charge is 0.0326 e. The average Bonchev–Trinajstić information content (AvgIpc) is 4.05. The summed E-state index contributed by atoms with van der Waals surface area (Å²) >= 11 is 0. The van der Waals surface area contributed by atoms with E-state index in [1.165, 1.54) is 11.1 Å². The van der Waals surface area contributed by atoms with Gasteiger partial charge in [0.05, 0.1) is 0 Å². The van der Waals surface area contributed by atoms with Gasteiger partial charge in [-0.25, -0.2) is 6.07 Å². The summed E-state index contributed by atoms with van der Waals surface area (Å²) in [5.41, 5.74) is 9.44. The Morgan fingerprint density at radius 3 is 1.71 bits per heavy atom. The van der Waals surface area contributed by atoms with Crippen LogP contribution in [0, 0.1) is 50.3 Å². The quantitative estimate of drug-likeness (QED) is 0.0933. The van der Waals surface area contributed by atoms with Gasteiger partial charge < -0.3 is 44.1 Å². The summed E-state index contributed by atoms with van der Waals surface area (Å²) in [6.07, 6.45) is 14.1. The largest absolute Gasteiger partial charge is 0.510 e. The Morgan fingerprint density at radius 2 is 1.15 bits per heavy atom. The van der Waals surface area contributed by atoms with Gasteiger partial charge in [-0.15, -0.1) is 70.9 Å². The molecule has 0 N–H and O–H groups in total. The van der Waals surface area contributed by atoms with Crippen LogP contribution in [-0.2, 0) is 52.0 Å². The van der Waals surface area contributed by atoms with Crippen molar-refractivity contribution >= 4 is 28.4 Å². The molecule has 3 aliphatic rings. The number of benzene rings is 4. The number of anilines is 5. The minimum absolute atomic E-state index is 0. The first-order chi connectivity index (χ1) is 30.4. The van der Waals surface area contributed by atoms with Crippen LogP contribution in [0.3, 0.4) is 0 Å². The van der Waals surface area contributed by atoms with Gasteiger partial charge in [0.15, 0.2) is 0 Å². The van der Waals surface area contributed by atoms with Gasteiger partial charge in [-0.1, -0.05) is 64.5 Å². The zero-order valence-electron chi connectivity index (χ0n) is 37.9. The number of hydrogen-bond donors (Lipinski definition) is 0. The van der Waals surface area contributed by atoms with Crippen LogP contribution in [-0.4, -0.2) is 39.9 Å². The summed E-state index contributed by atoms with van der Waals surface area (Å²) in [7, 11) is 2.03. The van der Waals surface area contributed by atoms with Crippen molar-refractivity contribution in [2.45, 2.75) is 65.2 Å². The second-order valence-corrected chi connectivity index (χ2v) is 17.8. The maximum atomic E-state index is 6.01. The van der Waals surface area contributed by atoms with Crippen LogP contribution in [0.15, 0.2) is 134 Å². The van der Waals surface area contributed by atoms with Crippen molar-refractivity contribution in [2.75, 3.05) is 39.7 Å². The molecule has 4 aromatic carbocycles. The number of aromatic nitrogens is 2.